The molecule has 1 N–H and O–H groups in total. The summed E-state index contributed by atoms with van der Waals surface area (Å²) in [5, 5.41) is 9.67. The molecule has 2 atom stereocenters. The topological polar surface area (TPSA) is 107 Å². The SMILES string of the molecule is CC(C)(C)OC(=O)N1CCC[C@H]1C(=O)N1CCC(C(=O)N2CCC[C@H]2C(=O)O)(c2ccccc2)CC1. The summed E-state index contributed by atoms with van der Waals surface area (Å²) in [6.45, 7) is 7.05. The molecule has 3 aliphatic rings. The smallest absolute Gasteiger partial charge is 0.410 e. The molecule has 3 amide bonds. The molecule has 3 fully saturated rings. The van der Waals surface area contributed by atoms with E-state index in [1.165, 1.54) is 9.80 Å². The number of hydrogen-bond donors (Lipinski definition) is 1. The third kappa shape index (κ3) is 5.06. The van der Waals surface area contributed by atoms with E-state index in [1.54, 1.807) is 25.7 Å². The fourth-order valence-corrected chi connectivity index (χ4v) is 5.81. The van der Waals surface area contributed by atoms with Crippen LogP contribution in [0.4, 0.5) is 4.79 Å². The molecule has 9 nitrogen and oxygen atoms in total. The van der Waals surface area contributed by atoms with E-state index in [1.807, 2.05) is 30.3 Å². The van der Waals surface area contributed by atoms with Crippen molar-refractivity contribution in [3.05, 3.63) is 35.9 Å². The first-order valence-electron chi connectivity index (χ1n) is 12.9. The minimum absolute atomic E-state index is 0.114. The predicted molar refractivity (Wildman–Crippen MR) is 132 cm³/mol. The number of hydrogen-bond acceptors (Lipinski definition) is 5. The zero-order valence-electron chi connectivity index (χ0n) is 21.4. The second-order valence-corrected chi connectivity index (χ2v) is 11.1. The molecule has 196 valence electrons. The van der Waals surface area contributed by atoms with Crippen LogP contribution in [0.5, 0.6) is 0 Å². The molecule has 3 heterocycles. The molecule has 0 aliphatic carbocycles. The molecule has 36 heavy (non-hydrogen) atoms. The second-order valence-electron chi connectivity index (χ2n) is 11.1. The molecule has 0 aromatic heterocycles. The highest BCUT2D eigenvalue weighted by Crippen LogP contribution is 2.40. The van der Waals surface area contributed by atoms with Crippen molar-refractivity contribution in [3.63, 3.8) is 0 Å². The minimum Gasteiger partial charge on any atom is -0.480 e. The zero-order valence-corrected chi connectivity index (χ0v) is 21.4. The Morgan fingerprint density at radius 3 is 2.06 bits per heavy atom. The van der Waals surface area contributed by atoms with Gasteiger partial charge in [0.1, 0.15) is 17.7 Å². The summed E-state index contributed by atoms with van der Waals surface area (Å²) in [5.74, 6) is -1.25. The lowest BCUT2D eigenvalue weighted by Crippen LogP contribution is -2.57. The van der Waals surface area contributed by atoms with Crippen LogP contribution in [0.1, 0.15) is 64.9 Å². The molecule has 0 bridgehead atoms. The highest BCUT2D eigenvalue weighted by Gasteiger charge is 2.50. The lowest BCUT2D eigenvalue weighted by molar-refractivity contribution is -0.152. The van der Waals surface area contributed by atoms with Crippen molar-refractivity contribution in [1.82, 2.24) is 14.7 Å². The number of piperidine rings is 1. The van der Waals surface area contributed by atoms with E-state index in [9.17, 15) is 24.3 Å². The van der Waals surface area contributed by atoms with Gasteiger partial charge in [0, 0.05) is 26.2 Å². The monoisotopic (exact) mass is 499 g/mol. The largest absolute Gasteiger partial charge is 0.480 e. The first-order chi connectivity index (χ1) is 17.0. The number of ether oxygens (including phenoxy) is 1. The van der Waals surface area contributed by atoms with Crippen molar-refractivity contribution in [2.75, 3.05) is 26.2 Å². The van der Waals surface area contributed by atoms with Gasteiger partial charge >= 0.3 is 12.1 Å². The summed E-state index contributed by atoms with van der Waals surface area (Å²) in [7, 11) is 0. The van der Waals surface area contributed by atoms with Crippen LogP contribution in [0, 0.1) is 0 Å². The number of likely N-dealkylation sites (tertiary alicyclic amines) is 3. The van der Waals surface area contributed by atoms with Crippen LogP contribution >= 0.6 is 0 Å². The quantitative estimate of drug-likeness (QED) is 0.682. The maximum absolute atomic E-state index is 13.9. The fourth-order valence-electron chi connectivity index (χ4n) is 5.81. The highest BCUT2D eigenvalue weighted by molar-refractivity contribution is 5.93. The first kappa shape index (κ1) is 26.0. The summed E-state index contributed by atoms with van der Waals surface area (Å²) in [5.41, 5.74) is -0.664. The van der Waals surface area contributed by atoms with E-state index in [0.717, 1.165) is 12.0 Å². The number of nitrogens with zero attached hydrogens (tertiary/aromatic N) is 3. The molecule has 3 aliphatic heterocycles. The Labute approximate surface area is 212 Å². The highest BCUT2D eigenvalue weighted by atomic mass is 16.6. The van der Waals surface area contributed by atoms with Gasteiger partial charge in [0.2, 0.25) is 11.8 Å². The summed E-state index contributed by atoms with van der Waals surface area (Å²) < 4.78 is 5.52. The van der Waals surface area contributed by atoms with Gasteiger partial charge < -0.3 is 19.6 Å². The average molecular weight is 500 g/mol. The lowest BCUT2D eigenvalue weighted by atomic mass is 9.71. The Kier molecular flexibility index (Phi) is 7.29. The number of carbonyl (C=O) groups is 4. The van der Waals surface area contributed by atoms with Gasteiger partial charge in [-0.25, -0.2) is 9.59 Å². The molecule has 0 radical (unpaired) electrons. The van der Waals surface area contributed by atoms with Gasteiger partial charge in [-0.2, -0.15) is 0 Å². The van der Waals surface area contributed by atoms with Crippen LogP contribution in [-0.4, -0.2) is 87.5 Å². The van der Waals surface area contributed by atoms with Crippen molar-refractivity contribution >= 4 is 23.9 Å². The molecule has 9 heteroatoms. The van der Waals surface area contributed by atoms with Gasteiger partial charge in [-0.3, -0.25) is 14.5 Å². The number of aliphatic carboxylic acids is 1. The Bertz CT molecular complexity index is 997. The van der Waals surface area contributed by atoms with Gasteiger partial charge in [-0.1, -0.05) is 30.3 Å². The molecular weight excluding hydrogens is 462 g/mol. The van der Waals surface area contributed by atoms with E-state index in [4.69, 9.17) is 4.74 Å². The van der Waals surface area contributed by atoms with E-state index in [2.05, 4.69) is 0 Å². The lowest BCUT2D eigenvalue weighted by Gasteiger charge is -2.44. The molecule has 1 aromatic carbocycles. The van der Waals surface area contributed by atoms with Gasteiger partial charge in [0.25, 0.3) is 0 Å². The summed E-state index contributed by atoms with van der Waals surface area (Å²) in [6.07, 6.45) is 2.79. The van der Waals surface area contributed by atoms with Crippen molar-refractivity contribution < 1.29 is 29.0 Å². The van der Waals surface area contributed by atoms with Crippen molar-refractivity contribution in [3.8, 4) is 0 Å². The third-order valence-corrected chi connectivity index (χ3v) is 7.63. The van der Waals surface area contributed by atoms with Gasteiger partial charge in [0.15, 0.2) is 0 Å². The van der Waals surface area contributed by atoms with Crippen LogP contribution < -0.4 is 0 Å². The normalized spacial score (nSPS) is 24.0. The first-order valence-corrected chi connectivity index (χ1v) is 12.9. The van der Waals surface area contributed by atoms with E-state index in [-0.39, 0.29) is 11.8 Å². The van der Waals surface area contributed by atoms with Gasteiger partial charge in [-0.05, 0) is 64.9 Å². The van der Waals surface area contributed by atoms with Crippen LogP contribution in [0.3, 0.4) is 0 Å². The Balaban J connectivity index is 1.52. The second kappa shape index (κ2) is 10.1. The Morgan fingerprint density at radius 1 is 0.889 bits per heavy atom. The fraction of sp³-hybridized carbons (Fsp3) is 0.630. The van der Waals surface area contributed by atoms with Crippen LogP contribution in [-0.2, 0) is 24.5 Å². The number of benzene rings is 1. The molecule has 0 spiro atoms. The van der Waals surface area contributed by atoms with E-state index >= 15 is 0 Å². The number of amides is 3. The van der Waals surface area contributed by atoms with Crippen LogP contribution in [0.2, 0.25) is 0 Å². The predicted octanol–water partition coefficient (Wildman–Crippen LogP) is 3.02. The van der Waals surface area contributed by atoms with Crippen LogP contribution in [0.25, 0.3) is 0 Å². The minimum atomic E-state index is -0.972. The molecular formula is C27H37N3O6. The maximum Gasteiger partial charge on any atom is 0.410 e. The molecule has 3 saturated heterocycles. The zero-order chi connectivity index (χ0) is 26.1. The molecule has 0 unspecified atom stereocenters. The van der Waals surface area contributed by atoms with E-state index in [0.29, 0.717) is 58.3 Å². The van der Waals surface area contributed by atoms with Crippen molar-refractivity contribution in [1.29, 1.82) is 0 Å². The van der Waals surface area contributed by atoms with Crippen molar-refractivity contribution in [2.24, 2.45) is 0 Å². The average Bonchev–Trinajstić information content (AvgIpc) is 3.53. The van der Waals surface area contributed by atoms with Gasteiger partial charge in [-0.15, -0.1) is 0 Å². The number of rotatable bonds is 4. The number of carbonyl (C=O) groups excluding carboxylic acids is 3. The van der Waals surface area contributed by atoms with Crippen molar-refractivity contribution in [2.45, 2.75) is 82.4 Å². The molecule has 4 rings (SSSR count). The summed E-state index contributed by atoms with van der Waals surface area (Å²) in [6, 6.07) is 8.13. The van der Waals surface area contributed by atoms with E-state index < -0.39 is 35.2 Å². The maximum atomic E-state index is 13.9. The molecule has 1 aromatic rings. The van der Waals surface area contributed by atoms with Gasteiger partial charge in [0.05, 0.1) is 5.41 Å². The van der Waals surface area contributed by atoms with Crippen LogP contribution in [0.15, 0.2) is 30.3 Å². The Hall–Kier alpha value is -3.10. The Morgan fingerprint density at radius 2 is 1.47 bits per heavy atom. The summed E-state index contributed by atoms with van der Waals surface area (Å²) in [4.78, 5) is 56.7. The summed E-state index contributed by atoms with van der Waals surface area (Å²) >= 11 is 0. The molecule has 0 saturated carbocycles. The third-order valence-electron chi connectivity index (χ3n) is 7.63. The number of carboxylic acid groups (broad SMARTS) is 1. The standard InChI is InChI=1S/C27H37N3O6/c1-26(2,3)36-25(35)30-16-7-11-20(30)22(31)28-17-13-27(14-18-28,19-9-5-4-6-10-19)24(34)29-15-8-12-21(29)23(32)33/h4-6,9-10,20-21H,7-8,11-18H2,1-3H3,(H,32,33)/t20-,21-/m0/s1. The number of carboxylic acids is 1.